The number of anilines is 2. The van der Waals surface area contributed by atoms with E-state index in [9.17, 15) is 18.8 Å². The van der Waals surface area contributed by atoms with E-state index < -0.39 is 17.6 Å². The molecule has 41 heavy (non-hydrogen) atoms. The number of halogens is 2. The molecule has 0 aromatic heterocycles. The highest BCUT2D eigenvalue weighted by Crippen LogP contribution is 2.26. The highest BCUT2D eigenvalue weighted by molar-refractivity contribution is 8.00. The largest absolute Gasteiger partial charge is 0.325 e. The first-order chi connectivity index (χ1) is 19.7. The van der Waals surface area contributed by atoms with E-state index in [1.165, 1.54) is 36.0 Å². The zero-order valence-corrected chi connectivity index (χ0v) is 23.9. The Labute approximate surface area is 247 Å². The third-order valence-electron chi connectivity index (χ3n) is 5.90. The maximum Gasteiger partial charge on any atom is 0.272 e. The maximum atomic E-state index is 14.5. The molecule has 3 amide bonds. The topological polar surface area (TPSA) is 87.3 Å². The molecule has 4 aromatic rings. The Morgan fingerprint density at radius 1 is 0.854 bits per heavy atom. The average Bonchev–Trinajstić information content (AvgIpc) is 2.95. The van der Waals surface area contributed by atoms with Gasteiger partial charge in [0.15, 0.2) is 0 Å². The molecule has 0 bridgehead atoms. The van der Waals surface area contributed by atoms with Crippen molar-refractivity contribution in [3.63, 3.8) is 0 Å². The van der Waals surface area contributed by atoms with Gasteiger partial charge in [-0.25, -0.2) is 4.39 Å². The van der Waals surface area contributed by atoms with Crippen LogP contribution in [0.2, 0.25) is 5.02 Å². The van der Waals surface area contributed by atoms with Crippen LogP contribution in [0.4, 0.5) is 15.8 Å². The number of hydrogen-bond donors (Lipinski definition) is 3. The second kappa shape index (κ2) is 13.8. The first-order valence-corrected chi connectivity index (χ1v) is 13.9. The molecule has 4 aromatic carbocycles. The Morgan fingerprint density at radius 3 is 2.24 bits per heavy atom. The van der Waals surface area contributed by atoms with Crippen molar-refractivity contribution in [2.24, 2.45) is 0 Å². The normalized spacial score (nSPS) is 11.9. The van der Waals surface area contributed by atoms with E-state index in [2.05, 4.69) is 16.0 Å². The van der Waals surface area contributed by atoms with E-state index in [0.717, 1.165) is 16.1 Å². The van der Waals surface area contributed by atoms with Crippen LogP contribution in [0.25, 0.3) is 6.08 Å². The smallest absolute Gasteiger partial charge is 0.272 e. The molecule has 4 rings (SSSR count). The molecule has 0 aliphatic heterocycles. The molecular weight excluding hydrogens is 561 g/mol. The molecule has 208 valence electrons. The fraction of sp³-hybridized carbons (Fsp3) is 0.0938. The number of hydrogen-bond acceptors (Lipinski definition) is 4. The van der Waals surface area contributed by atoms with Crippen LogP contribution in [-0.4, -0.2) is 23.0 Å². The fourth-order valence-electron chi connectivity index (χ4n) is 3.77. The van der Waals surface area contributed by atoms with E-state index in [1.54, 1.807) is 54.6 Å². The molecule has 0 saturated heterocycles. The van der Waals surface area contributed by atoms with Gasteiger partial charge in [-0.2, -0.15) is 0 Å². The second-order valence-corrected chi connectivity index (χ2v) is 10.9. The van der Waals surface area contributed by atoms with E-state index in [0.29, 0.717) is 11.3 Å². The predicted octanol–water partition coefficient (Wildman–Crippen LogP) is 7.32. The first kappa shape index (κ1) is 29.6. The molecule has 0 heterocycles. The lowest BCUT2D eigenvalue weighted by Crippen LogP contribution is -2.30. The molecule has 9 heteroatoms. The average molecular weight is 588 g/mol. The van der Waals surface area contributed by atoms with Gasteiger partial charge in [0.05, 0.1) is 10.3 Å². The summed E-state index contributed by atoms with van der Waals surface area (Å²) in [5, 5.41) is 7.92. The summed E-state index contributed by atoms with van der Waals surface area (Å²) < 4.78 is 14.5. The molecule has 1 atom stereocenters. The van der Waals surface area contributed by atoms with Crippen molar-refractivity contribution in [1.82, 2.24) is 5.32 Å². The van der Waals surface area contributed by atoms with Crippen molar-refractivity contribution < 1.29 is 18.8 Å². The highest BCUT2D eigenvalue weighted by atomic mass is 35.5. The Morgan fingerprint density at radius 2 is 1.56 bits per heavy atom. The lowest BCUT2D eigenvalue weighted by atomic mass is 10.1. The molecule has 1 unspecified atom stereocenters. The van der Waals surface area contributed by atoms with Crippen LogP contribution in [0, 0.1) is 12.7 Å². The van der Waals surface area contributed by atoms with Crippen molar-refractivity contribution in [2.75, 3.05) is 10.6 Å². The summed E-state index contributed by atoms with van der Waals surface area (Å²) in [6, 6.07) is 27.0. The minimum atomic E-state index is -0.667. The van der Waals surface area contributed by atoms with Crippen molar-refractivity contribution in [2.45, 2.75) is 24.0 Å². The molecular formula is C32H27ClFN3O3S. The Kier molecular flexibility index (Phi) is 9.95. The molecule has 3 N–H and O–H groups in total. The van der Waals surface area contributed by atoms with Gasteiger partial charge in [-0.15, -0.1) is 11.8 Å². The summed E-state index contributed by atoms with van der Waals surface area (Å²) in [7, 11) is 0. The Bertz CT molecular complexity index is 1570. The van der Waals surface area contributed by atoms with Crippen LogP contribution >= 0.6 is 23.4 Å². The van der Waals surface area contributed by atoms with Gasteiger partial charge >= 0.3 is 0 Å². The van der Waals surface area contributed by atoms with Crippen LogP contribution in [0.15, 0.2) is 108 Å². The van der Waals surface area contributed by atoms with Crippen LogP contribution in [0.3, 0.4) is 0 Å². The number of nitrogens with one attached hydrogen (secondary N) is 3. The zero-order valence-electron chi connectivity index (χ0n) is 22.3. The fourth-order valence-corrected chi connectivity index (χ4v) is 4.86. The number of carbonyl (C=O) groups is 3. The van der Waals surface area contributed by atoms with Crippen molar-refractivity contribution >= 4 is 58.5 Å². The molecule has 0 saturated carbocycles. The van der Waals surface area contributed by atoms with Gasteiger partial charge in [-0.05, 0) is 86.2 Å². The van der Waals surface area contributed by atoms with Crippen LogP contribution < -0.4 is 16.0 Å². The molecule has 0 spiro atoms. The molecule has 0 fully saturated rings. The van der Waals surface area contributed by atoms with Gasteiger partial charge in [-0.1, -0.05) is 48.0 Å². The number of thioether (sulfide) groups is 1. The van der Waals surface area contributed by atoms with Gasteiger partial charge < -0.3 is 16.0 Å². The Hall–Kier alpha value is -4.40. The van der Waals surface area contributed by atoms with E-state index in [-0.39, 0.29) is 27.4 Å². The number of amides is 3. The minimum absolute atomic E-state index is 0.0302. The quantitative estimate of drug-likeness (QED) is 0.141. The van der Waals surface area contributed by atoms with Gasteiger partial charge in [0.25, 0.3) is 11.8 Å². The van der Waals surface area contributed by atoms with Crippen LogP contribution in [-0.2, 0) is 9.59 Å². The number of carbonyl (C=O) groups excluding carboxylic acids is 3. The summed E-state index contributed by atoms with van der Waals surface area (Å²) in [5.74, 6) is -1.98. The second-order valence-electron chi connectivity index (χ2n) is 9.11. The number of rotatable bonds is 9. The van der Waals surface area contributed by atoms with Gasteiger partial charge in [0.1, 0.15) is 11.5 Å². The van der Waals surface area contributed by atoms with E-state index in [1.807, 2.05) is 38.1 Å². The van der Waals surface area contributed by atoms with E-state index in [4.69, 9.17) is 11.6 Å². The SMILES string of the molecule is Cc1cccc(NC(=O)C(C)Sc2ccc(NC(=O)/C(=C/c3c(F)cccc3Cl)NC(=O)c3ccccc3)cc2)c1. The number of aryl methyl sites for hydroxylation is 1. The first-order valence-electron chi connectivity index (χ1n) is 12.7. The van der Waals surface area contributed by atoms with Gasteiger partial charge in [0.2, 0.25) is 5.91 Å². The number of benzene rings is 4. The van der Waals surface area contributed by atoms with Crippen molar-refractivity contribution in [3.05, 3.63) is 130 Å². The summed E-state index contributed by atoms with van der Waals surface area (Å²) in [4.78, 5) is 39.5. The minimum Gasteiger partial charge on any atom is -0.325 e. The lowest BCUT2D eigenvalue weighted by Gasteiger charge is -2.14. The van der Waals surface area contributed by atoms with Crippen LogP contribution in [0.5, 0.6) is 0 Å². The predicted molar refractivity (Wildman–Crippen MR) is 163 cm³/mol. The standard InChI is InChI=1S/C32H27ClFN3O3S/c1-20-8-6-11-24(18-20)36-30(38)21(2)41-25-16-14-23(15-17-25)35-32(40)29(19-26-27(33)12-7-13-28(26)34)37-31(39)22-9-4-3-5-10-22/h3-19,21H,1-2H3,(H,35,40)(H,36,38)(H,37,39)/b29-19-. The summed E-state index contributed by atoms with van der Waals surface area (Å²) >= 11 is 7.54. The van der Waals surface area contributed by atoms with Gasteiger partial charge in [0, 0.05) is 27.4 Å². The van der Waals surface area contributed by atoms with Gasteiger partial charge in [-0.3, -0.25) is 14.4 Å². The van der Waals surface area contributed by atoms with E-state index >= 15 is 0 Å². The van der Waals surface area contributed by atoms with Crippen molar-refractivity contribution in [1.29, 1.82) is 0 Å². The summed E-state index contributed by atoms with van der Waals surface area (Å²) in [5.41, 5.74) is 2.34. The summed E-state index contributed by atoms with van der Waals surface area (Å²) in [6.45, 7) is 3.77. The third-order valence-corrected chi connectivity index (χ3v) is 7.34. The summed E-state index contributed by atoms with van der Waals surface area (Å²) in [6.07, 6.45) is 1.20. The van der Waals surface area contributed by atoms with Crippen LogP contribution in [0.1, 0.15) is 28.4 Å². The molecule has 0 aliphatic carbocycles. The maximum absolute atomic E-state index is 14.5. The Balaban J connectivity index is 1.46. The zero-order chi connectivity index (χ0) is 29.4. The molecule has 0 radical (unpaired) electrons. The lowest BCUT2D eigenvalue weighted by molar-refractivity contribution is -0.115. The molecule has 0 aliphatic rings. The monoisotopic (exact) mass is 587 g/mol. The molecule has 6 nitrogen and oxygen atoms in total. The highest BCUT2D eigenvalue weighted by Gasteiger charge is 2.18. The third kappa shape index (κ3) is 8.30. The van der Waals surface area contributed by atoms with Crippen molar-refractivity contribution in [3.8, 4) is 0 Å².